The highest BCUT2D eigenvalue weighted by Gasteiger charge is 2.31. The van der Waals surface area contributed by atoms with E-state index in [1.54, 1.807) is 12.3 Å². The van der Waals surface area contributed by atoms with Crippen molar-refractivity contribution in [1.82, 2.24) is 15.4 Å². The normalized spacial score (nSPS) is 20.7. The Kier molecular flexibility index (Phi) is 3.56. The van der Waals surface area contributed by atoms with Gasteiger partial charge >= 0.3 is 0 Å². The zero-order valence-corrected chi connectivity index (χ0v) is 9.48. The number of hydrogen-bond acceptors (Lipinski definition) is 4. The molecule has 88 valence electrons. The van der Waals surface area contributed by atoms with Gasteiger partial charge in [-0.1, -0.05) is 12.1 Å². The van der Waals surface area contributed by atoms with Crippen LogP contribution < -0.4 is 5.32 Å². The second-order valence-corrected chi connectivity index (χ2v) is 4.03. The van der Waals surface area contributed by atoms with Crippen LogP contribution in [0.25, 0.3) is 0 Å². The fourth-order valence-corrected chi connectivity index (χ4v) is 1.92. The molecule has 0 spiro atoms. The molecule has 1 N–H and O–H groups in total. The Morgan fingerprint density at radius 3 is 3.25 bits per heavy atom. The Morgan fingerprint density at radius 1 is 1.69 bits per heavy atom. The van der Waals surface area contributed by atoms with Gasteiger partial charge in [0.15, 0.2) is 5.76 Å². The molecular weight excluding hydrogens is 206 g/mol. The Morgan fingerprint density at radius 2 is 2.56 bits per heavy atom. The van der Waals surface area contributed by atoms with Gasteiger partial charge in [-0.25, -0.2) is 0 Å². The quantitative estimate of drug-likeness (QED) is 0.801. The van der Waals surface area contributed by atoms with Crippen LogP contribution in [0.5, 0.6) is 0 Å². The van der Waals surface area contributed by atoms with Crippen molar-refractivity contribution in [2.75, 3.05) is 13.1 Å². The molecule has 2 heterocycles. The van der Waals surface area contributed by atoms with E-state index in [9.17, 15) is 4.79 Å². The van der Waals surface area contributed by atoms with Gasteiger partial charge in [0, 0.05) is 12.6 Å². The molecule has 0 aromatic carbocycles. The van der Waals surface area contributed by atoms with Crippen LogP contribution in [-0.2, 0) is 11.3 Å². The van der Waals surface area contributed by atoms with Crippen LogP contribution in [0.4, 0.5) is 0 Å². The maximum Gasteiger partial charge on any atom is 0.240 e. The maximum absolute atomic E-state index is 11.9. The zero-order valence-electron chi connectivity index (χ0n) is 9.48. The minimum atomic E-state index is -0.0112. The summed E-state index contributed by atoms with van der Waals surface area (Å²) >= 11 is 0. The van der Waals surface area contributed by atoms with Crippen molar-refractivity contribution in [1.29, 1.82) is 0 Å². The van der Waals surface area contributed by atoms with E-state index in [1.165, 1.54) is 0 Å². The summed E-state index contributed by atoms with van der Waals surface area (Å²) in [6.07, 6.45) is 3.53. The van der Waals surface area contributed by atoms with E-state index >= 15 is 0 Å². The van der Waals surface area contributed by atoms with Crippen LogP contribution in [0, 0.1) is 0 Å². The highest BCUT2D eigenvalue weighted by atomic mass is 16.5. The highest BCUT2D eigenvalue weighted by Crippen LogP contribution is 2.14. The van der Waals surface area contributed by atoms with E-state index in [2.05, 4.69) is 17.4 Å². The smallest absolute Gasteiger partial charge is 0.240 e. The molecule has 0 bridgehead atoms. The first-order valence-corrected chi connectivity index (χ1v) is 5.73. The van der Waals surface area contributed by atoms with Gasteiger partial charge in [-0.3, -0.25) is 4.79 Å². The number of amides is 1. The van der Waals surface area contributed by atoms with E-state index < -0.39 is 0 Å². The van der Waals surface area contributed by atoms with Gasteiger partial charge in [-0.15, -0.1) is 0 Å². The lowest BCUT2D eigenvalue weighted by atomic mass is 10.2. The Labute approximate surface area is 94.8 Å². The number of aromatic nitrogens is 1. The monoisotopic (exact) mass is 223 g/mol. The van der Waals surface area contributed by atoms with Crippen molar-refractivity contribution in [3.05, 3.63) is 18.0 Å². The van der Waals surface area contributed by atoms with E-state index in [0.717, 1.165) is 31.7 Å². The standard InChI is InChI=1S/C11H17N3O2/c1-2-5-12-10-4-7-14(11(10)15)8-9-3-6-13-16-9/h3,6,10,12H,2,4-5,7-8H2,1H3. The van der Waals surface area contributed by atoms with Crippen LogP contribution in [0.1, 0.15) is 25.5 Å². The summed E-state index contributed by atoms with van der Waals surface area (Å²) < 4.78 is 5.00. The fraction of sp³-hybridized carbons (Fsp3) is 0.636. The third kappa shape index (κ3) is 2.41. The van der Waals surface area contributed by atoms with Crippen molar-refractivity contribution in [3.8, 4) is 0 Å². The topological polar surface area (TPSA) is 58.4 Å². The molecule has 0 aliphatic carbocycles. The van der Waals surface area contributed by atoms with E-state index in [0.29, 0.717) is 6.54 Å². The lowest BCUT2D eigenvalue weighted by Crippen LogP contribution is -2.38. The van der Waals surface area contributed by atoms with Gasteiger partial charge < -0.3 is 14.7 Å². The number of hydrogen-bond donors (Lipinski definition) is 1. The molecule has 1 aromatic heterocycles. The first kappa shape index (κ1) is 11.1. The van der Waals surface area contributed by atoms with Gasteiger partial charge in [0.05, 0.1) is 18.8 Å². The van der Waals surface area contributed by atoms with Crippen molar-refractivity contribution in [2.45, 2.75) is 32.4 Å². The summed E-state index contributed by atoms with van der Waals surface area (Å²) in [4.78, 5) is 13.8. The number of carbonyl (C=O) groups excluding carboxylic acids is 1. The minimum Gasteiger partial charge on any atom is -0.360 e. The molecule has 1 fully saturated rings. The SMILES string of the molecule is CCCNC1CCN(Cc2ccno2)C1=O. The molecule has 1 unspecified atom stereocenters. The van der Waals surface area contributed by atoms with Crippen molar-refractivity contribution in [2.24, 2.45) is 0 Å². The third-order valence-electron chi connectivity index (χ3n) is 2.78. The molecular formula is C11H17N3O2. The maximum atomic E-state index is 11.9. The number of nitrogens with zero attached hydrogens (tertiary/aromatic N) is 2. The van der Waals surface area contributed by atoms with Crippen LogP contribution in [0.2, 0.25) is 0 Å². The van der Waals surface area contributed by atoms with E-state index in [1.807, 2.05) is 4.90 Å². The zero-order chi connectivity index (χ0) is 11.4. The molecule has 1 amide bonds. The van der Waals surface area contributed by atoms with Gasteiger partial charge in [-0.05, 0) is 19.4 Å². The Hall–Kier alpha value is -1.36. The summed E-state index contributed by atoms with van der Waals surface area (Å²) in [7, 11) is 0. The van der Waals surface area contributed by atoms with Gasteiger partial charge in [0.25, 0.3) is 0 Å². The molecule has 2 rings (SSSR count). The lowest BCUT2D eigenvalue weighted by Gasteiger charge is -2.15. The van der Waals surface area contributed by atoms with Crippen LogP contribution in [-0.4, -0.2) is 35.1 Å². The highest BCUT2D eigenvalue weighted by molar-refractivity contribution is 5.83. The molecule has 1 aliphatic rings. The number of nitrogens with one attached hydrogen (secondary N) is 1. The first-order valence-electron chi connectivity index (χ1n) is 5.73. The second kappa shape index (κ2) is 5.12. The van der Waals surface area contributed by atoms with Crippen molar-refractivity contribution >= 4 is 5.91 Å². The summed E-state index contributed by atoms with van der Waals surface area (Å²) in [6.45, 7) is 4.31. The number of carbonyl (C=O) groups is 1. The van der Waals surface area contributed by atoms with Crippen LogP contribution >= 0.6 is 0 Å². The predicted octanol–water partition coefficient (Wildman–Crippen LogP) is 0.775. The summed E-state index contributed by atoms with van der Waals surface area (Å²) in [5, 5.41) is 6.88. The van der Waals surface area contributed by atoms with E-state index in [-0.39, 0.29) is 11.9 Å². The molecule has 5 heteroatoms. The average molecular weight is 223 g/mol. The molecule has 16 heavy (non-hydrogen) atoms. The predicted molar refractivity (Wildman–Crippen MR) is 58.6 cm³/mol. The Balaban J connectivity index is 1.87. The van der Waals surface area contributed by atoms with Crippen molar-refractivity contribution in [3.63, 3.8) is 0 Å². The molecule has 1 saturated heterocycles. The molecule has 1 aromatic rings. The number of likely N-dealkylation sites (tertiary alicyclic amines) is 1. The van der Waals surface area contributed by atoms with E-state index in [4.69, 9.17) is 4.52 Å². The van der Waals surface area contributed by atoms with Gasteiger partial charge in [0.1, 0.15) is 0 Å². The van der Waals surface area contributed by atoms with Gasteiger partial charge in [0.2, 0.25) is 5.91 Å². The average Bonchev–Trinajstić information content (AvgIpc) is 2.89. The van der Waals surface area contributed by atoms with Crippen LogP contribution in [0.3, 0.4) is 0 Å². The minimum absolute atomic E-state index is 0.0112. The number of rotatable bonds is 5. The lowest BCUT2D eigenvalue weighted by molar-refractivity contribution is -0.130. The summed E-state index contributed by atoms with van der Waals surface area (Å²) in [5.41, 5.74) is 0. The fourth-order valence-electron chi connectivity index (χ4n) is 1.92. The Bertz CT molecular complexity index is 337. The third-order valence-corrected chi connectivity index (χ3v) is 2.78. The molecule has 5 nitrogen and oxygen atoms in total. The largest absolute Gasteiger partial charge is 0.360 e. The second-order valence-electron chi connectivity index (χ2n) is 4.03. The van der Waals surface area contributed by atoms with Crippen LogP contribution in [0.15, 0.2) is 16.8 Å². The molecule has 0 saturated carbocycles. The summed E-state index contributed by atoms with van der Waals surface area (Å²) in [6, 6.07) is 1.78. The van der Waals surface area contributed by atoms with Gasteiger partial charge in [-0.2, -0.15) is 0 Å². The molecule has 1 atom stereocenters. The molecule has 1 aliphatic heterocycles. The molecule has 0 radical (unpaired) electrons. The first-order chi connectivity index (χ1) is 7.81. The van der Waals surface area contributed by atoms with Crippen molar-refractivity contribution < 1.29 is 9.32 Å². The summed E-state index contributed by atoms with van der Waals surface area (Å²) in [5.74, 6) is 0.911.